The molecule has 0 aliphatic rings. The van der Waals surface area contributed by atoms with Crippen molar-refractivity contribution in [2.45, 2.75) is 26.8 Å². The van der Waals surface area contributed by atoms with Crippen LogP contribution in [0.1, 0.15) is 20.8 Å². The molecular formula is C12H22N4O5. The van der Waals surface area contributed by atoms with Crippen LogP contribution in [0.2, 0.25) is 0 Å². The fourth-order valence-corrected chi connectivity index (χ4v) is 1.60. The fourth-order valence-electron chi connectivity index (χ4n) is 1.60. The van der Waals surface area contributed by atoms with E-state index in [2.05, 4.69) is 5.32 Å². The van der Waals surface area contributed by atoms with Gasteiger partial charge < -0.3 is 26.0 Å². The summed E-state index contributed by atoms with van der Waals surface area (Å²) in [7, 11) is 0. The Kier molecular flexibility index (Phi) is 7.80. The van der Waals surface area contributed by atoms with Gasteiger partial charge in [-0.2, -0.15) is 0 Å². The third-order valence-corrected chi connectivity index (χ3v) is 2.38. The first kappa shape index (κ1) is 18.7. The van der Waals surface area contributed by atoms with Crippen molar-refractivity contribution in [3.05, 3.63) is 0 Å². The molecule has 0 saturated heterocycles. The van der Waals surface area contributed by atoms with Crippen LogP contribution in [-0.4, -0.2) is 70.9 Å². The molecule has 0 aliphatic carbocycles. The number of primary amides is 1. The highest BCUT2D eigenvalue weighted by atomic mass is 16.4. The fraction of sp³-hybridized carbons (Fsp3) is 0.667. The molecule has 0 aromatic heterocycles. The van der Waals surface area contributed by atoms with Crippen molar-refractivity contribution in [1.82, 2.24) is 15.1 Å². The van der Waals surface area contributed by atoms with Crippen LogP contribution in [0.3, 0.4) is 0 Å². The number of carbonyl (C=O) groups excluding carboxylic acids is 3. The third-order valence-electron chi connectivity index (χ3n) is 2.38. The molecule has 4 amide bonds. The van der Waals surface area contributed by atoms with E-state index in [0.717, 1.165) is 9.80 Å². The number of carboxylic acids is 1. The number of aliphatic carboxylic acids is 1. The summed E-state index contributed by atoms with van der Waals surface area (Å²) in [5, 5.41) is 11.4. The highest BCUT2D eigenvalue weighted by Crippen LogP contribution is 2.00. The summed E-state index contributed by atoms with van der Waals surface area (Å²) in [5.74, 6) is -2.46. The Hall–Kier alpha value is -2.32. The summed E-state index contributed by atoms with van der Waals surface area (Å²) in [6.07, 6.45) is 0. The average Bonchev–Trinajstić information content (AvgIpc) is 2.32. The first-order valence-corrected chi connectivity index (χ1v) is 6.50. The molecule has 4 N–H and O–H groups in total. The van der Waals surface area contributed by atoms with E-state index >= 15 is 0 Å². The lowest BCUT2D eigenvalue weighted by molar-refractivity contribution is -0.138. The van der Waals surface area contributed by atoms with E-state index in [1.54, 1.807) is 20.8 Å². The maximum Gasteiger partial charge on any atom is 0.323 e. The summed E-state index contributed by atoms with van der Waals surface area (Å²) >= 11 is 0. The smallest absolute Gasteiger partial charge is 0.323 e. The number of urea groups is 1. The largest absolute Gasteiger partial charge is 0.480 e. The quantitative estimate of drug-likeness (QED) is 0.519. The van der Waals surface area contributed by atoms with Gasteiger partial charge in [0.15, 0.2) is 0 Å². The van der Waals surface area contributed by atoms with Crippen LogP contribution < -0.4 is 11.1 Å². The number of hydrogen-bond donors (Lipinski definition) is 3. The van der Waals surface area contributed by atoms with E-state index in [4.69, 9.17) is 10.8 Å². The molecule has 0 aromatic rings. The third kappa shape index (κ3) is 7.75. The SMILES string of the molecule is CCN(CC(=O)NC(C)C)C(=O)N(CC(N)=O)CC(=O)O. The van der Waals surface area contributed by atoms with Gasteiger partial charge in [-0.3, -0.25) is 14.4 Å². The minimum absolute atomic E-state index is 0.0768. The van der Waals surface area contributed by atoms with Gasteiger partial charge in [-0.15, -0.1) is 0 Å². The van der Waals surface area contributed by atoms with Crippen LogP contribution >= 0.6 is 0 Å². The van der Waals surface area contributed by atoms with Crippen molar-refractivity contribution in [3.8, 4) is 0 Å². The predicted molar refractivity (Wildman–Crippen MR) is 74.3 cm³/mol. The molecule has 0 heterocycles. The molecular weight excluding hydrogens is 280 g/mol. The van der Waals surface area contributed by atoms with E-state index < -0.39 is 31.0 Å². The zero-order valence-electron chi connectivity index (χ0n) is 12.5. The predicted octanol–water partition coefficient (Wildman–Crippen LogP) is -1.18. The van der Waals surface area contributed by atoms with Crippen LogP contribution in [0.4, 0.5) is 4.79 Å². The van der Waals surface area contributed by atoms with E-state index in [9.17, 15) is 19.2 Å². The van der Waals surface area contributed by atoms with Crippen molar-refractivity contribution in [3.63, 3.8) is 0 Å². The minimum Gasteiger partial charge on any atom is -0.480 e. The van der Waals surface area contributed by atoms with E-state index in [-0.39, 0.29) is 25.0 Å². The zero-order valence-corrected chi connectivity index (χ0v) is 12.5. The first-order valence-electron chi connectivity index (χ1n) is 6.50. The highest BCUT2D eigenvalue weighted by Gasteiger charge is 2.25. The van der Waals surface area contributed by atoms with Gasteiger partial charge in [0.1, 0.15) is 19.6 Å². The molecule has 0 saturated carbocycles. The minimum atomic E-state index is -1.27. The van der Waals surface area contributed by atoms with Crippen molar-refractivity contribution in [1.29, 1.82) is 0 Å². The van der Waals surface area contributed by atoms with Gasteiger partial charge in [0.05, 0.1) is 0 Å². The average molecular weight is 302 g/mol. The summed E-state index contributed by atoms with van der Waals surface area (Å²) < 4.78 is 0. The number of likely N-dealkylation sites (N-methyl/N-ethyl adjacent to an activating group) is 1. The molecule has 120 valence electrons. The Morgan fingerprint density at radius 3 is 2.05 bits per heavy atom. The summed E-state index contributed by atoms with van der Waals surface area (Å²) in [6, 6.07) is -0.801. The standard InChI is InChI=1S/C12H22N4O5/c1-4-15(6-10(18)14-8(2)3)12(21)16(5-9(13)17)7-11(19)20/h8H,4-7H2,1-3H3,(H2,13,17)(H,14,18)(H,19,20). The second kappa shape index (κ2) is 8.77. The second-order valence-corrected chi connectivity index (χ2v) is 4.74. The molecule has 0 spiro atoms. The topological polar surface area (TPSA) is 133 Å². The molecule has 0 atom stereocenters. The number of rotatable bonds is 8. The molecule has 0 aliphatic heterocycles. The van der Waals surface area contributed by atoms with Crippen molar-refractivity contribution < 1.29 is 24.3 Å². The van der Waals surface area contributed by atoms with Crippen LogP contribution in [0.5, 0.6) is 0 Å². The Bertz CT molecular complexity index is 394. The molecule has 0 rings (SSSR count). The van der Waals surface area contributed by atoms with Crippen molar-refractivity contribution in [2.24, 2.45) is 5.73 Å². The van der Waals surface area contributed by atoms with E-state index in [1.165, 1.54) is 0 Å². The van der Waals surface area contributed by atoms with Crippen LogP contribution in [0.15, 0.2) is 0 Å². The number of amides is 4. The maximum atomic E-state index is 12.2. The van der Waals surface area contributed by atoms with Crippen molar-refractivity contribution >= 4 is 23.8 Å². The number of carbonyl (C=O) groups is 4. The van der Waals surface area contributed by atoms with Crippen LogP contribution in [0.25, 0.3) is 0 Å². The van der Waals surface area contributed by atoms with Gasteiger partial charge in [0.2, 0.25) is 11.8 Å². The van der Waals surface area contributed by atoms with Gasteiger partial charge in [0.25, 0.3) is 0 Å². The van der Waals surface area contributed by atoms with Crippen LogP contribution in [0, 0.1) is 0 Å². The molecule has 9 nitrogen and oxygen atoms in total. The number of nitrogens with one attached hydrogen (secondary N) is 1. The Morgan fingerprint density at radius 1 is 1.10 bits per heavy atom. The van der Waals surface area contributed by atoms with Gasteiger partial charge in [-0.05, 0) is 20.8 Å². The number of hydrogen-bond acceptors (Lipinski definition) is 4. The van der Waals surface area contributed by atoms with Gasteiger partial charge in [0, 0.05) is 12.6 Å². The van der Waals surface area contributed by atoms with Gasteiger partial charge in [-0.25, -0.2) is 4.79 Å². The Morgan fingerprint density at radius 2 is 1.67 bits per heavy atom. The van der Waals surface area contributed by atoms with Crippen LogP contribution in [-0.2, 0) is 14.4 Å². The normalized spacial score (nSPS) is 10.1. The number of nitrogens with zero attached hydrogens (tertiary/aromatic N) is 2. The molecule has 0 radical (unpaired) electrons. The lowest BCUT2D eigenvalue weighted by Crippen LogP contribution is -2.51. The van der Waals surface area contributed by atoms with Gasteiger partial charge in [-0.1, -0.05) is 0 Å². The molecule has 0 unspecified atom stereocenters. The summed E-state index contributed by atoms with van der Waals surface area (Å²) in [4.78, 5) is 47.4. The monoisotopic (exact) mass is 302 g/mol. The lowest BCUT2D eigenvalue weighted by Gasteiger charge is -2.28. The van der Waals surface area contributed by atoms with Crippen molar-refractivity contribution in [2.75, 3.05) is 26.2 Å². The lowest BCUT2D eigenvalue weighted by atomic mass is 10.3. The molecule has 0 fully saturated rings. The molecule has 0 aromatic carbocycles. The summed E-state index contributed by atoms with van der Waals surface area (Å²) in [6.45, 7) is 3.99. The van der Waals surface area contributed by atoms with E-state index in [1.807, 2.05) is 0 Å². The highest BCUT2D eigenvalue weighted by molar-refractivity contribution is 5.88. The molecule has 0 bridgehead atoms. The molecule has 9 heteroatoms. The maximum absolute atomic E-state index is 12.2. The number of nitrogens with two attached hydrogens (primary N) is 1. The number of carboxylic acid groups (broad SMARTS) is 1. The molecule has 21 heavy (non-hydrogen) atoms. The zero-order chi connectivity index (χ0) is 16.6. The van der Waals surface area contributed by atoms with Gasteiger partial charge >= 0.3 is 12.0 Å². The Labute approximate surface area is 123 Å². The van der Waals surface area contributed by atoms with E-state index in [0.29, 0.717) is 0 Å². The second-order valence-electron chi connectivity index (χ2n) is 4.74. The Balaban J connectivity index is 4.86. The first-order chi connectivity index (χ1) is 9.67. The summed E-state index contributed by atoms with van der Waals surface area (Å²) in [5.41, 5.74) is 4.99.